The minimum absolute atomic E-state index is 0.0195. The molecule has 0 aliphatic carbocycles. The van der Waals surface area contributed by atoms with Gasteiger partial charge in [-0.3, -0.25) is 4.79 Å². The summed E-state index contributed by atoms with van der Waals surface area (Å²) in [6.07, 6.45) is 2.44. The molecule has 2 atom stereocenters. The highest BCUT2D eigenvalue weighted by atomic mass is 16.6. The third-order valence-corrected chi connectivity index (χ3v) is 5.15. The van der Waals surface area contributed by atoms with Crippen LogP contribution in [0.4, 0.5) is 4.79 Å². The van der Waals surface area contributed by atoms with E-state index in [9.17, 15) is 9.59 Å². The average molecular weight is 384 g/mol. The standard InChI is InChI=1S/C22H28N2O4/c1-16(15-27-3)14-23-11-9-20(13-21(23)25)19-7-5-18(6-8-19)17(2)24-10-4-12-28-22(24)26/h5-9,11,13,16-17H,4,10,12,14-15H2,1-3H3/t16?,17-/m0/s1. The molecule has 1 aromatic heterocycles. The first-order chi connectivity index (χ1) is 13.5. The Morgan fingerprint density at radius 1 is 1.11 bits per heavy atom. The Morgan fingerprint density at radius 3 is 2.50 bits per heavy atom. The van der Waals surface area contributed by atoms with Crippen molar-refractivity contribution in [2.75, 3.05) is 26.9 Å². The molecule has 2 heterocycles. The normalized spacial score (nSPS) is 16.5. The summed E-state index contributed by atoms with van der Waals surface area (Å²) in [5.41, 5.74) is 2.89. The second-order valence-electron chi connectivity index (χ2n) is 7.43. The maximum Gasteiger partial charge on any atom is 0.410 e. The zero-order chi connectivity index (χ0) is 20.1. The Kier molecular flexibility index (Phi) is 6.52. The van der Waals surface area contributed by atoms with Gasteiger partial charge in [-0.1, -0.05) is 31.2 Å². The van der Waals surface area contributed by atoms with Crippen LogP contribution in [0.5, 0.6) is 0 Å². The third-order valence-electron chi connectivity index (χ3n) is 5.15. The van der Waals surface area contributed by atoms with E-state index < -0.39 is 0 Å². The predicted octanol–water partition coefficient (Wildman–Crippen LogP) is 3.70. The maximum absolute atomic E-state index is 12.4. The largest absolute Gasteiger partial charge is 0.449 e. The van der Waals surface area contributed by atoms with Gasteiger partial charge >= 0.3 is 6.09 Å². The molecule has 0 radical (unpaired) electrons. The fourth-order valence-corrected chi connectivity index (χ4v) is 3.57. The third kappa shape index (κ3) is 4.62. The van der Waals surface area contributed by atoms with Gasteiger partial charge in [-0.05, 0) is 42.0 Å². The van der Waals surface area contributed by atoms with Crippen LogP contribution in [0.2, 0.25) is 0 Å². The van der Waals surface area contributed by atoms with Crippen LogP contribution in [0.3, 0.4) is 0 Å². The Morgan fingerprint density at radius 2 is 1.86 bits per heavy atom. The molecule has 0 saturated carbocycles. The highest BCUT2D eigenvalue weighted by Gasteiger charge is 2.25. The Labute approximate surface area is 165 Å². The lowest BCUT2D eigenvalue weighted by molar-refractivity contribution is 0.0580. The summed E-state index contributed by atoms with van der Waals surface area (Å²) in [6.45, 7) is 6.53. The molecule has 0 bridgehead atoms. The molecule has 28 heavy (non-hydrogen) atoms. The molecule has 0 N–H and O–H groups in total. The van der Waals surface area contributed by atoms with Gasteiger partial charge in [0.1, 0.15) is 0 Å². The fraction of sp³-hybridized carbons (Fsp3) is 0.455. The highest BCUT2D eigenvalue weighted by Crippen LogP contribution is 2.26. The summed E-state index contributed by atoms with van der Waals surface area (Å²) in [5.74, 6) is 0.274. The van der Waals surface area contributed by atoms with E-state index in [1.54, 1.807) is 22.6 Å². The van der Waals surface area contributed by atoms with Crippen molar-refractivity contribution in [1.29, 1.82) is 0 Å². The zero-order valence-corrected chi connectivity index (χ0v) is 16.8. The van der Waals surface area contributed by atoms with Crippen LogP contribution in [0, 0.1) is 5.92 Å². The van der Waals surface area contributed by atoms with Gasteiger partial charge in [0.15, 0.2) is 0 Å². The summed E-state index contributed by atoms with van der Waals surface area (Å²) < 4.78 is 12.0. The quantitative estimate of drug-likeness (QED) is 0.730. The van der Waals surface area contributed by atoms with E-state index in [0.29, 0.717) is 26.3 Å². The molecule has 150 valence electrons. The number of hydrogen-bond acceptors (Lipinski definition) is 4. The van der Waals surface area contributed by atoms with Crippen LogP contribution in [-0.2, 0) is 16.0 Å². The summed E-state index contributed by atoms with van der Waals surface area (Å²) in [7, 11) is 1.67. The van der Waals surface area contributed by atoms with E-state index in [1.807, 2.05) is 43.5 Å². The van der Waals surface area contributed by atoms with Crippen LogP contribution in [-0.4, -0.2) is 42.4 Å². The number of hydrogen-bond donors (Lipinski definition) is 0. The second kappa shape index (κ2) is 9.06. The summed E-state index contributed by atoms with van der Waals surface area (Å²) in [4.78, 5) is 26.1. The van der Waals surface area contributed by atoms with E-state index in [0.717, 1.165) is 23.1 Å². The number of carbonyl (C=O) groups excluding carboxylic acids is 1. The molecule has 1 saturated heterocycles. The number of methoxy groups -OCH3 is 1. The first-order valence-electron chi connectivity index (χ1n) is 9.72. The monoisotopic (exact) mass is 384 g/mol. The molecule has 0 spiro atoms. The van der Waals surface area contributed by atoms with Gasteiger partial charge in [-0.25, -0.2) is 4.79 Å². The fourth-order valence-electron chi connectivity index (χ4n) is 3.57. The number of nitrogens with zero attached hydrogens (tertiary/aromatic N) is 2. The lowest BCUT2D eigenvalue weighted by Gasteiger charge is -2.32. The number of aromatic nitrogens is 1. The van der Waals surface area contributed by atoms with Crippen LogP contribution in [0.15, 0.2) is 47.4 Å². The number of rotatable bonds is 7. The number of benzene rings is 1. The number of ether oxygens (including phenoxy) is 2. The molecule has 6 heteroatoms. The van der Waals surface area contributed by atoms with E-state index in [4.69, 9.17) is 9.47 Å². The van der Waals surface area contributed by atoms with Crippen LogP contribution in [0.1, 0.15) is 31.9 Å². The smallest absolute Gasteiger partial charge is 0.410 e. The van der Waals surface area contributed by atoms with Gasteiger partial charge in [-0.15, -0.1) is 0 Å². The number of carbonyl (C=O) groups is 1. The van der Waals surface area contributed by atoms with Crippen molar-refractivity contribution in [3.05, 3.63) is 58.5 Å². The van der Waals surface area contributed by atoms with E-state index in [2.05, 4.69) is 6.92 Å². The number of pyridine rings is 1. The van der Waals surface area contributed by atoms with Crippen molar-refractivity contribution in [3.8, 4) is 11.1 Å². The van der Waals surface area contributed by atoms with Gasteiger partial charge in [-0.2, -0.15) is 0 Å². The topological polar surface area (TPSA) is 60.8 Å². The van der Waals surface area contributed by atoms with Crippen LogP contribution >= 0.6 is 0 Å². The molecule has 1 aliphatic rings. The van der Waals surface area contributed by atoms with Crippen molar-refractivity contribution in [1.82, 2.24) is 9.47 Å². The SMILES string of the molecule is COCC(C)Cn1ccc(-c2ccc([C@H](C)N3CCCOC3=O)cc2)cc1=O. The lowest BCUT2D eigenvalue weighted by atomic mass is 10.0. The molecule has 6 nitrogen and oxygen atoms in total. The first kappa shape index (κ1) is 20.1. The molecule has 1 amide bonds. The van der Waals surface area contributed by atoms with Crippen molar-refractivity contribution in [2.24, 2.45) is 5.92 Å². The lowest BCUT2D eigenvalue weighted by Crippen LogP contribution is -2.39. The first-order valence-corrected chi connectivity index (χ1v) is 9.72. The zero-order valence-electron chi connectivity index (χ0n) is 16.8. The van der Waals surface area contributed by atoms with Gasteiger partial charge in [0.05, 0.1) is 19.3 Å². The molecule has 1 aromatic carbocycles. The van der Waals surface area contributed by atoms with Crippen molar-refractivity contribution in [2.45, 2.75) is 32.9 Å². The molecule has 2 aromatic rings. The van der Waals surface area contributed by atoms with Crippen molar-refractivity contribution >= 4 is 6.09 Å². The molecular formula is C22H28N2O4. The summed E-state index contributed by atoms with van der Waals surface area (Å²) in [6, 6.07) is 11.6. The second-order valence-corrected chi connectivity index (χ2v) is 7.43. The minimum atomic E-state index is -0.255. The Hall–Kier alpha value is -2.60. The van der Waals surface area contributed by atoms with Crippen LogP contribution < -0.4 is 5.56 Å². The van der Waals surface area contributed by atoms with Gasteiger partial charge in [0.25, 0.3) is 5.56 Å². The minimum Gasteiger partial charge on any atom is -0.449 e. The molecule has 1 fully saturated rings. The predicted molar refractivity (Wildman–Crippen MR) is 108 cm³/mol. The number of amides is 1. The molecular weight excluding hydrogens is 356 g/mol. The van der Waals surface area contributed by atoms with Gasteiger partial charge in [0.2, 0.25) is 0 Å². The van der Waals surface area contributed by atoms with Crippen molar-refractivity contribution in [3.63, 3.8) is 0 Å². The highest BCUT2D eigenvalue weighted by molar-refractivity contribution is 5.69. The molecule has 3 rings (SSSR count). The number of cyclic esters (lactones) is 1. The van der Waals surface area contributed by atoms with E-state index in [1.165, 1.54) is 0 Å². The van der Waals surface area contributed by atoms with Crippen LogP contribution in [0.25, 0.3) is 11.1 Å². The van der Waals surface area contributed by atoms with E-state index >= 15 is 0 Å². The summed E-state index contributed by atoms with van der Waals surface area (Å²) in [5, 5.41) is 0. The Bertz CT molecular complexity index is 860. The molecule has 1 unspecified atom stereocenters. The summed E-state index contributed by atoms with van der Waals surface area (Å²) >= 11 is 0. The van der Waals surface area contributed by atoms with E-state index in [-0.39, 0.29) is 23.6 Å². The van der Waals surface area contributed by atoms with Gasteiger partial charge < -0.3 is 18.9 Å². The maximum atomic E-state index is 12.4. The average Bonchev–Trinajstić information content (AvgIpc) is 2.70. The Balaban J connectivity index is 1.73. The van der Waals surface area contributed by atoms with Gasteiger partial charge in [0, 0.05) is 32.5 Å². The van der Waals surface area contributed by atoms with Crippen molar-refractivity contribution < 1.29 is 14.3 Å². The molecule has 1 aliphatic heterocycles.